The lowest BCUT2D eigenvalue weighted by Gasteiger charge is -2.30. The van der Waals surface area contributed by atoms with E-state index in [-0.39, 0.29) is 5.78 Å². The number of hydrogen-bond donors (Lipinski definition) is 1. The lowest BCUT2D eigenvalue weighted by Crippen LogP contribution is -2.27. The number of benzene rings is 2. The number of nitrogens with one attached hydrogen (secondary N) is 1. The molecule has 0 unspecified atom stereocenters. The Morgan fingerprint density at radius 3 is 2.59 bits per heavy atom. The third kappa shape index (κ3) is 1.79. The van der Waals surface area contributed by atoms with E-state index in [0.717, 1.165) is 29.2 Å². The highest BCUT2D eigenvalue weighted by atomic mass is 16.1. The van der Waals surface area contributed by atoms with Crippen molar-refractivity contribution < 1.29 is 4.79 Å². The van der Waals surface area contributed by atoms with Gasteiger partial charge in [-0.05, 0) is 36.8 Å². The number of Topliss-reactive ketones (excluding diaryl/α,β-unsaturated/α-hetero) is 1. The standard InChI is InChI=1S/C19H16N2O/c1-2-21-16-10-6-3-7-13(16)11-12-17(21)18-19(22)14-8-4-5-9-15(14)20-18/h3-12,20H,2H2,1H3/b18-17+. The Morgan fingerprint density at radius 2 is 1.77 bits per heavy atom. The number of ketones is 1. The van der Waals surface area contributed by atoms with E-state index < -0.39 is 0 Å². The van der Waals surface area contributed by atoms with E-state index in [2.05, 4.69) is 35.3 Å². The predicted octanol–water partition coefficient (Wildman–Crippen LogP) is 4.06. The van der Waals surface area contributed by atoms with Crippen LogP contribution in [0.2, 0.25) is 0 Å². The van der Waals surface area contributed by atoms with Crippen LogP contribution < -0.4 is 10.2 Å². The number of carbonyl (C=O) groups excluding carboxylic acids is 1. The van der Waals surface area contributed by atoms with Crippen LogP contribution in [-0.4, -0.2) is 12.3 Å². The van der Waals surface area contributed by atoms with Crippen molar-refractivity contribution in [3.05, 3.63) is 77.1 Å². The molecule has 1 N–H and O–H groups in total. The molecule has 22 heavy (non-hydrogen) atoms. The van der Waals surface area contributed by atoms with Gasteiger partial charge in [0.15, 0.2) is 0 Å². The summed E-state index contributed by atoms with van der Waals surface area (Å²) >= 11 is 0. The summed E-state index contributed by atoms with van der Waals surface area (Å²) in [6.07, 6.45) is 4.10. The zero-order valence-corrected chi connectivity index (χ0v) is 12.3. The Bertz CT molecular complexity index is 833. The minimum absolute atomic E-state index is 0.0630. The molecule has 0 saturated heterocycles. The van der Waals surface area contributed by atoms with E-state index in [0.29, 0.717) is 5.70 Å². The lowest BCUT2D eigenvalue weighted by atomic mass is 10.0. The van der Waals surface area contributed by atoms with Crippen LogP contribution in [0.15, 0.2) is 66.0 Å². The molecule has 4 rings (SSSR count). The molecule has 0 atom stereocenters. The van der Waals surface area contributed by atoms with Crippen molar-refractivity contribution in [1.82, 2.24) is 0 Å². The minimum Gasteiger partial charge on any atom is -0.350 e. The molecule has 0 saturated carbocycles. The van der Waals surface area contributed by atoms with Crippen molar-refractivity contribution in [1.29, 1.82) is 0 Å². The van der Waals surface area contributed by atoms with Crippen molar-refractivity contribution in [3.8, 4) is 0 Å². The zero-order valence-electron chi connectivity index (χ0n) is 12.3. The monoisotopic (exact) mass is 288 g/mol. The number of nitrogens with zero attached hydrogens (tertiary/aromatic N) is 1. The number of fused-ring (bicyclic) bond motifs is 2. The molecule has 0 bridgehead atoms. The van der Waals surface area contributed by atoms with Crippen molar-refractivity contribution in [2.75, 3.05) is 16.8 Å². The molecule has 3 nitrogen and oxygen atoms in total. The molecule has 2 aliphatic rings. The third-order valence-corrected chi connectivity index (χ3v) is 4.17. The topological polar surface area (TPSA) is 32.3 Å². The number of para-hydroxylation sites is 2. The fourth-order valence-electron chi connectivity index (χ4n) is 3.12. The SMILES string of the molecule is CCN1/C(=C2/Nc3ccccc3C2=O)C=Cc2ccccc21. The summed E-state index contributed by atoms with van der Waals surface area (Å²) in [4.78, 5) is 14.9. The molecule has 0 aromatic heterocycles. The molecule has 2 aromatic carbocycles. The van der Waals surface area contributed by atoms with Crippen molar-refractivity contribution >= 4 is 23.2 Å². The largest absolute Gasteiger partial charge is 0.350 e. The van der Waals surface area contributed by atoms with Crippen LogP contribution in [0.25, 0.3) is 6.08 Å². The lowest BCUT2D eigenvalue weighted by molar-refractivity contribution is 0.104. The maximum absolute atomic E-state index is 12.7. The number of anilines is 2. The number of carbonyl (C=O) groups is 1. The summed E-state index contributed by atoms with van der Waals surface area (Å²) in [5, 5.41) is 3.29. The second-order valence-corrected chi connectivity index (χ2v) is 5.40. The van der Waals surface area contributed by atoms with E-state index >= 15 is 0 Å². The Kier molecular flexibility index (Phi) is 2.86. The average Bonchev–Trinajstić information content (AvgIpc) is 2.91. The van der Waals surface area contributed by atoms with Gasteiger partial charge in [0, 0.05) is 23.5 Å². The number of hydrogen-bond acceptors (Lipinski definition) is 3. The van der Waals surface area contributed by atoms with Gasteiger partial charge in [-0.15, -0.1) is 0 Å². The fourth-order valence-corrected chi connectivity index (χ4v) is 3.12. The van der Waals surface area contributed by atoms with Crippen LogP contribution >= 0.6 is 0 Å². The quantitative estimate of drug-likeness (QED) is 0.803. The second-order valence-electron chi connectivity index (χ2n) is 5.40. The highest BCUT2D eigenvalue weighted by molar-refractivity contribution is 6.19. The van der Waals surface area contributed by atoms with Crippen LogP contribution in [0.5, 0.6) is 0 Å². The maximum Gasteiger partial charge on any atom is 0.213 e. The first-order valence-electron chi connectivity index (χ1n) is 7.49. The van der Waals surface area contributed by atoms with Gasteiger partial charge >= 0.3 is 0 Å². The normalized spacial score (nSPS) is 19.0. The van der Waals surface area contributed by atoms with Crippen LogP contribution in [0.1, 0.15) is 22.8 Å². The zero-order chi connectivity index (χ0) is 15.1. The predicted molar refractivity (Wildman–Crippen MR) is 89.9 cm³/mol. The second kappa shape index (κ2) is 4.88. The molecule has 2 heterocycles. The van der Waals surface area contributed by atoms with Crippen LogP contribution in [-0.2, 0) is 0 Å². The summed E-state index contributed by atoms with van der Waals surface area (Å²) in [7, 11) is 0. The maximum atomic E-state index is 12.7. The smallest absolute Gasteiger partial charge is 0.213 e. The Hall–Kier alpha value is -2.81. The third-order valence-electron chi connectivity index (χ3n) is 4.17. The molecule has 2 aliphatic heterocycles. The van der Waals surface area contributed by atoms with Gasteiger partial charge in [-0.1, -0.05) is 36.4 Å². The van der Waals surface area contributed by atoms with Gasteiger partial charge < -0.3 is 10.2 Å². The highest BCUT2D eigenvalue weighted by Crippen LogP contribution is 2.36. The number of rotatable bonds is 1. The van der Waals surface area contributed by atoms with E-state index in [4.69, 9.17) is 0 Å². The number of likely N-dealkylation sites (N-methyl/N-ethyl adjacent to an activating group) is 1. The van der Waals surface area contributed by atoms with E-state index in [9.17, 15) is 4.79 Å². The molecule has 3 heteroatoms. The minimum atomic E-state index is 0.0630. The first kappa shape index (κ1) is 12.9. The van der Waals surface area contributed by atoms with Crippen LogP contribution in [0, 0.1) is 0 Å². The summed E-state index contributed by atoms with van der Waals surface area (Å²) in [5.41, 5.74) is 5.54. The van der Waals surface area contributed by atoms with Crippen molar-refractivity contribution in [2.24, 2.45) is 0 Å². The molecule has 0 aliphatic carbocycles. The van der Waals surface area contributed by atoms with Crippen molar-refractivity contribution in [3.63, 3.8) is 0 Å². The van der Waals surface area contributed by atoms with Crippen LogP contribution in [0.3, 0.4) is 0 Å². The van der Waals surface area contributed by atoms with E-state index in [1.807, 2.05) is 42.5 Å². The first-order chi connectivity index (χ1) is 10.8. The van der Waals surface area contributed by atoms with Gasteiger partial charge in [-0.2, -0.15) is 0 Å². The fraction of sp³-hybridized carbons (Fsp3) is 0.105. The van der Waals surface area contributed by atoms with Gasteiger partial charge in [0.25, 0.3) is 0 Å². The Morgan fingerprint density at radius 1 is 1.00 bits per heavy atom. The van der Waals surface area contributed by atoms with Gasteiger partial charge in [-0.25, -0.2) is 0 Å². The van der Waals surface area contributed by atoms with E-state index in [1.165, 1.54) is 5.56 Å². The highest BCUT2D eigenvalue weighted by Gasteiger charge is 2.29. The Labute approximate surface area is 129 Å². The molecule has 0 spiro atoms. The van der Waals surface area contributed by atoms with Crippen molar-refractivity contribution in [2.45, 2.75) is 6.92 Å². The van der Waals surface area contributed by atoms with Gasteiger partial charge in [0.1, 0.15) is 5.70 Å². The molecule has 0 radical (unpaired) electrons. The van der Waals surface area contributed by atoms with Crippen LogP contribution in [0.4, 0.5) is 11.4 Å². The molecular formula is C19H16N2O. The summed E-state index contributed by atoms with van der Waals surface area (Å²) < 4.78 is 0. The summed E-state index contributed by atoms with van der Waals surface area (Å²) in [6.45, 7) is 2.91. The molecule has 108 valence electrons. The van der Waals surface area contributed by atoms with Gasteiger partial charge in [-0.3, -0.25) is 4.79 Å². The van der Waals surface area contributed by atoms with Gasteiger partial charge in [0.05, 0.1) is 5.70 Å². The molecule has 0 amide bonds. The average molecular weight is 288 g/mol. The molecular weight excluding hydrogens is 272 g/mol. The summed E-state index contributed by atoms with van der Waals surface area (Å²) in [6, 6.07) is 15.9. The number of allylic oxidation sites excluding steroid dienone is 2. The van der Waals surface area contributed by atoms with E-state index in [1.54, 1.807) is 0 Å². The molecule has 0 fully saturated rings. The Balaban J connectivity index is 1.86. The summed E-state index contributed by atoms with van der Waals surface area (Å²) in [5.74, 6) is 0.0630. The molecule has 2 aromatic rings. The van der Waals surface area contributed by atoms with Gasteiger partial charge in [0.2, 0.25) is 5.78 Å². The first-order valence-corrected chi connectivity index (χ1v) is 7.49.